The predicted octanol–water partition coefficient (Wildman–Crippen LogP) is 2.25. The van der Waals surface area contributed by atoms with Crippen LogP contribution in [0.15, 0.2) is 18.2 Å². The molecule has 4 nitrogen and oxygen atoms in total. The third-order valence-corrected chi connectivity index (χ3v) is 3.65. The monoisotopic (exact) mass is 247 g/mol. The van der Waals surface area contributed by atoms with E-state index in [9.17, 15) is 4.79 Å². The first-order valence-corrected chi connectivity index (χ1v) is 6.47. The summed E-state index contributed by atoms with van der Waals surface area (Å²) < 4.78 is 0. The van der Waals surface area contributed by atoms with Gasteiger partial charge in [-0.2, -0.15) is 0 Å². The molecular formula is C14H21N3O. The van der Waals surface area contributed by atoms with Gasteiger partial charge in [0.15, 0.2) is 0 Å². The first-order valence-electron chi connectivity index (χ1n) is 6.47. The van der Waals surface area contributed by atoms with E-state index in [1.165, 1.54) is 6.42 Å². The molecule has 0 unspecified atom stereocenters. The van der Waals surface area contributed by atoms with Crippen molar-refractivity contribution in [2.75, 3.05) is 11.5 Å². The van der Waals surface area contributed by atoms with E-state index in [-0.39, 0.29) is 18.0 Å². The maximum Gasteiger partial charge on any atom is 0.254 e. The smallest absolute Gasteiger partial charge is 0.254 e. The molecule has 2 rings (SSSR count). The van der Waals surface area contributed by atoms with E-state index >= 15 is 0 Å². The van der Waals surface area contributed by atoms with E-state index in [0.717, 1.165) is 12.8 Å². The molecule has 0 spiro atoms. The maximum absolute atomic E-state index is 12.5. The van der Waals surface area contributed by atoms with Gasteiger partial charge in [0.25, 0.3) is 5.91 Å². The molecule has 98 valence electrons. The molecule has 1 aliphatic heterocycles. The standard InChI is InChI=1S/C14H21N3O/c1-9-4-3-5-10(2)17(9)14(18)11-6-12(15)8-13(16)7-11/h6-10H,3-5,15-16H2,1-2H3/t9-,10-/m0/s1. The Hall–Kier alpha value is -1.71. The van der Waals surface area contributed by atoms with Crippen LogP contribution in [0.4, 0.5) is 11.4 Å². The number of carbonyl (C=O) groups is 1. The van der Waals surface area contributed by atoms with Crippen molar-refractivity contribution in [2.45, 2.75) is 45.2 Å². The molecule has 1 aromatic carbocycles. The topological polar surface area (TPSA) is 72.3 Å². The second-order valence-electron chi connectivity index (χ2n) is 5.23. The van der Waals surface area contributed by atoms with Crippen LogP contribution < -0.4 is 11.5 Å². The van der Waals surface area contributed by atoms with E-state index in [4.69, 9.17) is 11.5 Å². The van der Waals surface area contributed by atoms with Gasteiger partial charge in [0.05, 0.1) is 0 Å². The Balaban J connectivity index is 2.29. The molecule has 4 heteroatoms. The van der Waals surface area contributed by atoms with Gasteiger partial charge in [0.2, 0.25) is 0 Å². The number of nitrogens with zero attached hydrogens (tertiary/aromatic N) is 1. The first kappa shape index (κ1) is 12.7. The Labute approximate surface area is 108 Å². The summed E-state index contributed by atoms with van der Waals surface area (Å²) in [4.78, 5) is 14.5. The number of benzene rings is 1. The van der Waals surface area contributed by atoms with Gasteiger partial charge in [-0.15, -0.1) is 0 Å². The van der Waals surface area contributed by atoms with Crippen LogP contribution in [0.5, 0.6) is 0 Å². The van der Waals surface area contributed by atoms with E-state index in [1.54, 1.807) is 18.2 Å². The lowest BCUT2D eigenvalue weighted by Crippen LogP contribution is -2.47. The Morgan fingerprint density at radius 2 is 1.61 bits per heavy atom. The summed E-state index contributed by atoms with van der Waals surface area (Å²) in [7, 11) is 0. The molecule has 0 aliphatic carbocycles. The van der Waals surface area contributed by atoms with Gasteiger partial charge in [-0.1, -0.05) is 0 Å². The number of anilines is 2. The number of piperidine rings is 1. The molecule has 1 aromatic rings. The van der Waals surface area contributed by atoms with E-state index < -0.39 is 0 Å². The quantitative estimate of drug-likeness (QED) is 0.748. The highest BCUT2D eigenvalue weighted by molar-refractivity contribution is 5.96. The Morgan fingerprint density at radius 1 is 1.11 bits per heavy atom. The van der Waals surface area contributed by atoms with Gasteiger partial charge in [-0.05, 0) is 51.3 Å². The van der Waals surface area contributed by atoms with Crippen molar-refractivity contribution in [1.82, 2.24) is 4.90 Å². The second-order valence-corrected chi connectivity index (χ2v) is 5.23. The zero-order chi connectivity index (χ0) is 13.3. The summed E-state index contributed by atoms with van der Waals surface area (Å²) in [5.74, 6) is 0.0358. The van der Waals surface area contributed by atoms with E-state index in [1.807, 2.05) is 4.90 Å². The third-order valence-electron chi connectivity index (χ3n) is 3.65. The summed E-state index contributed by atoms with van der Waals surface area (Å²) in [5, 5.41) is 0. The molecular weight excluding hydrogens is 226 g/mol. The summed E-state index contributed by atoms with van der Waals surface area (Å²) in [6, 6.07) is 5.63. The highest BCUT2D eigenvalue weighted by Gasteiger charge is 2.29. The minimum absolute atomic E-state index is 0.0358. The van der Waals surface area contributed by atoms with Crippen LogP contribution in [-0.4, -0.2) is 22.9 Å². The summed E-state index contributed by atoms with van der Waals surface area (Å²) in [5.41, 5.74) is 13.2. The minimum Gasteiger partial charge on any atom is -0.399 e. The normalized spacial score (nSPS) is 24.0. The molecule has 1 heterocycles. The molecule has 18 heavy (non-hydrogen) atoms. The van der Waals surface area contributed by atoms with Gasteiger partial charge in [0.1, 0.15) is 0 Å². The van der Waals surface area contributed by atoms with Crippen molar-refractivity contribution in [3.05, 3.63) is 23.8 Å². The summed E-state index contributed by atoms with van der Waals surface area (Å²) in [6.07, 6.45) is 3.31. The van der Waals surface area contributed by atoms with Crippen molar-refractivity contribution < 1.29 is 4.79 Å². The summed E-state index contributed by atoms with van der Waals surface area (Å²) in [6.45, 7) is 4.20. The second kappa shape index (κ2) is 4.88. The fraction of sp³-hybridized carbons (Fsp3) is 0.500. The number of nitrogen functional groups attached to an aromatic ring is 2. The Bertz CT molecular complexity index is 428. The van der Waals surface area contributed by atoms with Gasteiger partial charge in [-0.3, -0.25) is 4.79 Å². The molecule has 0 bridgehead atoms. The Kier molecular flexibility index (Phi) is 3.45. The van der Waals surface area contributed by atoms with Crippen LogP contribution in [0.3, 0.4) is 0 Å². The van der Waals surface area contributed by atoms with Gasteiger partial charge < -0.3 is 16.4 Å². The SMILES string of the molecule is C[C@H]1CCC[C@H](C)N1C(=O)c1cc(N)cc(N)c1. The molecule has 0 radical (unpaired) electrons. The lowest BCUT2D eigenvalue weighted by molar-refractivity contribution is 0.0511. The van der Waals surface area contributed by atoms with Crippen LogP contribution in [0.2, 0.25) is 0 Å². The van der Waals surface area contributed by atoms with Crippen molar-refractivity contribution in [3.8, 4) is 0 Å². The number of rotatable bonds is 1. The third kappa shape index (κ3) is 2.42. The molecule has 1 amide bonds. The molecule has 1 fully saturated rings. The highest BCUT2D eigenvalue weighted by atomic mass is 16.2. The lowest BCUT2D eigenvalue weighted by Gasteiger charge is -2.39. The van der Waals surface area contributed by atoms with Crippen LogP contribution in [0.25, 0.3) is 0 Å². The van der Waals surface area contributed by atoms with E-state index in [0.29, 0.717) is 16.9 Å². The zero-order valence-electron chi connectivity index (χ0n) is 11.0. The fourth-order valence-electron chi connectivity index (χ4n) is 2.77. The zero-order valence-corrected chi connectivity index (χ0v) is 11.0. The minimum atomic E-state index is 0.0358. The highest BCUT2D eigenvalue weighted by Crippen LogP contribution is 2.25. The van der Waals surface area contributed by atoms with Crippen LogP contribution in [0.1, 0.15) is 43.5 Å². The molecule has 1 saturated heterocycles. The number of hydrogen-bond donors (Lipinski definition) is 2. The van der Waals surface area contributed by atoms with Crippen molar-refractivity contribution in [3.63, 3.8) is 0 Å². The molecule has 0 saturated carbocycles. The van der Waals surface area contributed by atoms with Gasteiger partial charge in [-0.25, -0.2) is 0 Å². The average molecular weight is 247 g/mol. The number of hydrogen-bond acceptors (Lipinski definition) is 3. The van der Waals surface area contributed by atoms with Crippen LogP contribution in [-0.2, 0) is 0 Å². The number of carbonyl (C=O) groups excluding carboxylic acids is 1. The van der Waals surface area contributed by atoms with Gasteiger partial charge >= 0.3 is 0 Å². The van der Waals surface area contributed by atoms with Crippen molar-refractivity contribution >= 4 is 17.3 Å². The maximum atomic E-state index is 12.5. The number of likely N-dealkylation sites (tertiary alicyclic amines) is 1. The Morgan fingerprint density at radius 3 is 2.11 bits per heavy atom. The number of amides is 1. The molecule has 2 atom stereocenters. The van der Waals surface area contributed by atoms with Crippen molar-refractivity contribution in [1.29, 1.82) is 0 Å². The summed E-state index contributed by atoms with van der Waals surface area (Å²) >= 11 is 0. The molecule has 0 aromatic heterocycles. The molecule has 1 aliphatic rings. The first-order chi connectivity index (χ1) is 8.49. The van der Waals surface area contributed by atoms with Crippen LogP contribution in [0, 0.1) is 0 Å². The largest absolute Gasteiger partial charge is 0.399 e. The number of nitrogens with two attached hydrogens (primary N) is 2. The average Bonchev–Trinajstić information content (AvgIpc) is 2.27. The fourth-order valence-corrected chi connectivity index (χ4v) is 2.77. The predicted molar refractivity (Wildman–Crippen MR) is 74.2 cm³/mol. The lowest BCUT2D eigenvalue weighted by atomic mass is 9.96. The van der Waals surface area contributed by atoms with E-state index in [2.05, 4.69) is 13.8 Å². The molecule has 4 N–H and O–H groups in total. The van der Waals surface area contributed by atoms with Crippen LogP contribution >= 0.6 is 0 Å². The van der Waals surface area contributed by atoms with Gasteiger partial charge in [0, 0.05) is 29.0 Å². The van der Waals surface area contributed by atoms with Crippen molar-refractivity contribution in [2.24, 2.45) is 0 Å².